The normalized spacial score (nSPS) is 12.4. The van der Waals surface area contributed by atoms with Gasteiger partial charge in [0.1, 0.15) is 11.9 Å². The van der Waals surface area contributed by atoms with E-state index >= 15 is 0 Å². The van der Waals surface area contributed by atoms with Crippen LogP contribution >= 0.6 is 0 Å². The molecule has 0 fully saturated rings. The van der Waals surface area contributed by atoms with Crippen molar-refractivity contribution < 1.29 is 17.6 Å². The molecule has 1 amide bonds. The van der Waals surface area contributed by atoms with Crippen LogP contribution in [-0.2, 0) is 21.2 Å². The third-order valence-corrected chi connectivity index (χ3v) is 6.17. The van der Waals surface area contributed by atoms with Gasteiger partial charge in [0.2, 0.25) is 15.9 Å². The first-order valence-corrected chi connectivity index (χ1v) is 10.9. The summed E-state index contributed by atoms with van der Waals surface area (Å²) in [6.45, 7) is 3.59. The minimum atomic E-state index is -3.94. The van der Waals surface area contributed by atoms with Crippen molar-refractivity contribution in [2.75, 3.05) is 5.32 Å². The van der Waals surface area contributed by atoms with Gasteiger partial charge in [-0.3, -0.25) is 4.79 Å². The van der Waals surface area contributed by atoms with Gasteiger partial charge in [0.15, 0.2) is 0 Å². The lowest BCUT2D eigenvalue weighted by atomic mass is 10.1. The molecule has 2 N–H and O–H groups in total. The summed E-state index contributed by atoms with van der Waals surface area (Å²) in [5.41, 5.74) is 2.69. The quantitative estimate of drug-likeness (QED) is 0.600. The third kappa shape index (κ3) is 5.52. The van der Waals surface area contributed by atoms with Crippen LogP contribution in [0.1, 0.15) is 16.7 Å². The standard InChI is InChI=1S/C23H23FN2O3S/c1-16-8-12-20(13-9-16)30(28,29)26-22(14-18-6-4-3-5-7-18)23(27)25-21-15-19(24)11-10-17(21)2/h3-13,15,22,26H,14H2,1-2H3,(H,25,27)/t22-/m0/s1. The zero-order valence-corrected chi connectivity index (χ0v) is 17.5. The second-order valence-electron chi connectivity index (χ2n) is 7.13. The zero-order valence-electron chi connectivity index (χ0n) is 16.7. The first-order valence-electron chi connectivity index (χ1n) is 9.44. The fraction of sp³-hybridized carbons (Fsp3) is 0.174. The molecule has 0 aliphatic heterocycles. The second-order valence-corrected chi connectivity index (χ2v) is 8.84. The molecule has 1 atom stereocenters. The number of carbonyl (C=O) groups is 1. The van der Waals surface area contributed by atoms with Gasteiger partial charge >= 0.3 is 0 Å². The summed E-state index contributed by atoms with van der Waals surface area (Å²) in [5.74, 6) is -1.06. The number of anilines is 1. The molecule has 3 aromatic carbocycles. The van der Waals surface area contributed by atoms with Crippen molar-refractivity contribution in [1.29, 1.82) is 0 Å². The molecule has 0 aliphatic rings. The van der Waals surface area contributed by atoms with Crippen LogP contribution in [0.25, 0.3) is 0 Å². The molecule has 3 aromatic rings. The van der Waals surface area contributed by atoms with Crippen LogP contribution in [-0.4, -0.2) is 20.4 Å². The number of carbonyl (C=O) groups excluding carboxylic acids is 1. The Morgan fingerprint density at radius 2 is 1.63 bits per heavy atom. The van der Waals surface area contributed by atoms with E-state index in [0.29, 0.717) is 11.3 Å². The summed E-state index contributed by atoms with van der Waals surface area (Å²) in [6.07, 6.45) is 0.145. The lowest BCUT2D eigenvalue weighted by Crippen LogP contribution is -2.45. The summed E-state index contributed by atoms with van der Waals surface area (Å²) in [4.78, 5) is 13.1. The summed E-state index contributed by atoms with van der Waals surface area (Å²) in [5, 5.41) is 2.65. The van der Waals surface area contributed by atoms with Gasteiger partial charge < -0.3 is 5.32 Å². The minimum absolute atomic E-state index is 0.0703. The number of halogens is 1. The maximum Gasteiger partial charge on any atom is 0.242 e. The van der Waals surface area contributed by atoms with Gasteiger partial charge in [-0.05, 0) is 55.7 Å². The molecule has 3 rings (SSSR count). The monoisotopic (exact) mass is 426 g/mol. The lowest BCUT2D eigenvalue weighted by molar-refractivity contribution is -0.117. The number of amides is 1. The van der Waals surface area contributed by atoms with E-state index in [-0.39, 0.29) is 11.3 Å². The predicted molar refractivity (Wildman–Crippen MR) is 115 cm³/mol. The van der Waals surface area contributed by atoms with Crippen LogP contribution in [0.15, 0.2) is 77.7 Å². The molecule has 0 radical (unpaired) electrons. The largest absolute Gasteiger partial charge is 0.324 e. The number of hydrogen-bond donors (Lipinski definition) is 2. The van der Waals surface area contributed by atoms with E-state index in [9.17, 15) is 17.6 Å². The first kappa shape index (κ1) is 21.7. The molecule has 0 saturated carbocycles. The Morgan fingerprint density at radius 3 is 2.30 bits per heavy atom. The molecule has 5 nitrogen and oxygen atoms in total. The van der Waals surface area contributed by atoms with E-state index < -0.39 is 27.8 Å². The molecule has 0 aliphatic carbocycles. The highest BCUT2D eigenvalue weighted by molar-refractivity contribution is 7.89. The highest BCUT2D eigenvalue weighted by Crippen LogP contribution is 2.18. The topological polar surface area (TPSA) is 75.3 Å². The van der Waals surface area contributed by atoms with Gasteiger partial charge in [-0.15, -0.1) is 0 Å². The van der Waals surface area contributed by atoms with Gasteiger partial charge in [-0.25, -0.2) is 12.8 Å². The van der Waals surface area contributed by atoms with Gasteiger partial charge in [0.05, 0.1) is 4.90 Å². The summed E-state index contributed by atoms with van der Waals surface area (Å²) in [7, 11) is -3.94. The average molecular weight is 427 g/mol. The molecular formula is C23H23FN2O3S. The van der Waals surface area contributed by atoms with Crippen molar-refractivity contribution in [3.8, 4) is 0 Å². The van der Waals surface area contributed by atoms with Crippen molar-refractivity contribution in [2.24, 2.45) is 0 Å². The summed E-state index contributed by atoms with van der Waals surface area (Å²) < 4.78 is 41.8. The molecule has 156 valence electrons. The number of aryl methyl sites for hydroxylation is 2. The number of hydrogen-bond acceptors (Lipinski definition) is 3. The van der Waals surface area contributed by atoms with Crippen LogP contribution in [0.2, 0.25) is 0 Å². The van der Waals surface area contributed by atoms with Gasteiger partial charge in [0, 0.05) is 5.69 Å². The highest BCUT2D eigenvalue weighted by Gasteiger charge is 2.26. The molecule has 0 aromatic heterocycles. The molecule has 0 saturated heterocycles. The van der Waals surface area contributed by atoms with Gasteiger partial charge in [-0.2, -0.15) is 4.72 Å². The maximum absolute atomic E-state index is 13.6. The van der Waals surface area contributed by atoms with E-state index in [0.717, 1.165) is 11.1 Å². The Morgan fingerprint density at radius 1 is 0.967 bits per heavy atom. The Hall–Kier alpha value is -3.03. The number of rotatable bonds is 7. The van der Waals surface area contributed by atoms with Gasteiger partial charge in [-0.1, -0.05) is 54.1 Å². The highest BCUT2D eigenvalue weighted by atomic mass is 32.2. The summed E-state index contributed by atoms with van der Waals surface area (Å²) >= 11 is 0. The van der Waals surface area contributed by atoms with E-state index in [4.69, 9.17) is 0 Å². The van der Waals surface area contributed by atoms with E-state index in [1.165, 1.54) is 24.3 Å². The molecule has 30 heavy (non-hydrogen) atoms. The minimum Gasteiger partial charge on any atom is -0.324 e. The van der Waals surface area contributed by atoms with Crippen LogP contribution in [0, 0.1) is 19.7 Å². The summed E-state index contributed by atoms with van der Waals surface area (Å²) in [6, 6.07) is 18.4. The van der Waals surface area contributed by atoms with E-state index in [1.54, 1.807) is 25.1 Å². The van der Waals surface area contributed by atoms with Crippen molar-refractivity contribution in [3.05, 3.63) is 95.3 Å². The van der Waals surface area contributed by atoms with Crippen molar-refractivity contribution in [1.82, 2.24) is 4.72 Å². The Kier molecular flexibility index (Phi) is 6.64. The Labute approximate surface area is 176 Å². The predicted octanol–water partition coefficient (Wildman–Crippen LogP) is 3.97. The fourth-order valence-corrected chi connectivity index (χ4v) is 4.15. The number of sulfonamides is 1. The Bertz CT molecular complexity index is 1130. The van der Waals surface area contributed by atoms with Crippen LogP contribution in [0.4, 0.5) is 10.1 Å². The first-order chi connectivity index (χ1) is 14.2. The van der Waals surface area contributed by atoms with Gasteiger partial charge in [0.25, 0.3) is 0 Å². The zero-order chi connectivity index (χ0) is 21.7. The van der Waals surface area contributed by atoms with E-state index in [2.05, 4.69) is 10.0 Å². The molecule has 0 unspecified atom stereocenters. The molecule has 0 bridgehead atoms. The lowest BCUT2D eigenvalue weighted by Gasteiger charge is -2.19. The molecule has 0 spiro atoms. The van der Waals surface area contributed by atoms with Crippen LogP contribution in [0.5, 0.6) is 0 Å². The number of nitrogens with one attached hydrogen (secondary N) is 2. The van der Waals surface area contributed by atoms with Crippen LogP contribution in [0.3, 0.4) is 0 Å². The fourth-order valence-electron chi connectivity index (χ4n) is 2.96. The van der Waals surface area contributed by atoms with Crippen molar-refractivity contribution in [3.63, 3.8) is 0 Å². The molecular weight excluding hydrogens is 403 g/mol. The molecule has 7 heteroatoms. The smallest absolute Gasteiger partial charge is 0.242 e. The van der Waals surface area contributed by atoms with Crippen LogP contribution < -0.4 is 10.0 Å². The maximum atomic E-state index is 13.6. The van der Waals surface area contributed by atoms with E-state index in [1.807, 2.05) is 37.3 Å². The number of benzene rings is 3. The second kappa shape index (κ2) is 9.19. The Balaban J connectivity index is 1.88. The third-order valence-electron chi connectivity index (χ3n) is 4.69. The van der Waals surface area contributed by atoms with Crippen molar-refractivity contribution in [2.45, 2.75) is 31.2 Å². The average Bonchev–Trinajstić information content (AvgIpc) is 2.71. The SMILES string of the molecule is Cc1ccc(S(=O)(=O)N[C@@H](Cc2ccccc2)C(=O)Nc2cc(F)ccc2C)cc1. The van der Waals surface area contributed by atoms with Crippen molar-refractivity contribution >= 4 is 21.6 Å². The molecule has 0 heterocycles.